The number of rotatable bonds is 4. The Labute approximate surface area is 117 Å². The Kier molecular flexibility index (Phi) is 4.28. The second kappa shape index (κ2) is 5.79. The molecule has 1 heterocycles. The second-order valence-corrected chi connectivity index (χ2v) is 5.53. The Morgan fingerprint density at radius 3 is 2.50 bits per heavy atom. The van der Waals surface area contributed by atoms with Crippen LogP contribution in [0.15, 0.2) is 18.2 Å². The van der Waals surface area contributed by atoms with Gasteiger partial charge in [0.05, 0.1) is 5.41 Å². The third-order valence-corrected chi connectivity index (χ3v) is 4.29. The molecule has 5 heteroatoms. The third kappa shape index (κ3) is 3.10. The highest BCUT2D eigenvalue weighted by atomic mass is 19.1. The van der Waals surface area contributed by atoms with Crippen LogP contribution >= 0.6 is 0 Å². The first-order chi connectivity index (χ1) is 9.45. The summed E-state index contributed by atoms with van der Waals surface area (Å²) >= 11 is 0. The number of piperidine rings is 1. The maximum atomic E-state index is 13.2. The summed E-state index contributed by atoms with van der Waals surface area (Å²) in [5, 5.41) is 18.7. The normalized spacial score (nSPS) is 18.9. The number of likely N-dealkylation sites (tertiary alicyclic amines) is 1. The molecule has 4 nitrogen and oxygen atoms in total. The molecule has 1 fully saturated rings. The van der Waals surface area contributed by atoms with E-state index in [1.165, 1.54) is 6.07 Å². The van der Waals surface area contributed by atoms with E-state index in [9.17, 15) is 19.4 Å². The van der Waals surface area contributed by atoms with Crippen molar-refractivity contribution in [3.63, 3.8) is 0 Å². The number of carboxylic acids is 1. The fourth-order valence-electron chi connectivity index (χ4n) is 2.84. The van der Waals surface area contributed by atoms with Crippen molar-refractivity contribution in [3.8, 4) is 5.75 Å². The topological polar surface area (TPSA) is 60.8 Å². The minimum absolute atomic E-state index is 0.0783. The van der Waals surface area contributed by atoms with E-state index in [-0.39, 0.29) is 5.75 Å². The fraction of sp³-hybridized carbons (Fsp3) is 0.533. The number of benzene rings is 1. The summed E-state index contributed by atoms with van der Waals surface area (Å²) in [5.41, 5.74) is 0.0995. The molecule has 2 N–H and O–H groups in total. The number of nitrogens with zero attached hydrogens (tertiary/aromatic N) is 1. The summed E-state index contributed by atoms with van der Waals surface area (Å²) in [7, 11) is 0. The molecule has 0 spiro atoms. The van der Waals surface area contributed by atoms with Crippen LogP contribution in [0.3, 0.4) is 0 Å². The van der Waals surface area contributed by atoms with Gasteiger partial charge in [-0.1, -0.05) is 6.92 Å². The highest BCUT2D eigenvalue weighted by molar-refractivity contribution is 5.74. The van der Waals surface area contributed by atoms with E-state index < -0.39 is 17.2 Å². The van der Waals surface area contributed by atoms with Gasteiger partial charge in [0.2, 0.25) is 0 Å². The van der Waals surface area contributed by atoms with Crippen LogP contribution in [0.25, 0.3) is 0 Å². The molecule has 0 amide bonds. The Morgan fingerprint density at radius 2 is 2.00 bits per heavy atom. The highest BCUT2D eigenvalue weighted by Crippen LogP contribution is 2.35. The van der Waals surface area contributed by atoms with Crippen molar-refractivity contribution in [3.05, 3.63) is 29.6 Å². The molecule has 0 atom stereocenters. The van der Waals surface area contributed by atoms with E-state index in [2.05, 4.69) is 4.90 Å². The number of aliphatic carboxylic acids is 1. The largest absolute Gasteiger partial charge is 0.508 e. The fourth-order valence-corrected chi connectivity index (χ4v) is 2.84. The van der Waals surface area contributed by atoms with Gasteiger partial charge in [0, 0.05) is 12.6 Å². The lowest BCUT2D eigenvalue weighted by atomic mass is 9.76. The number of halogens is 1. The third-order valence-electron chi connectivity index (χ3n) is 4.29. The smallest absolute Gasteiger partial charge is 0.309 e. The standard InChI is InChI=1S/C15H20FNO3/c1-2-15(14(19)20)3-5-17(6-4-15)10-11-7-12(16)9-13(18)8-11/h7-9,18H,2-6,10H2,1H3,(H,19,20). The second-order valence-electron chi connectivity index (χ2n) is 5.53. The van der Waals surface area contributed by atoms with Gasteiger partial charge in [-0.2, -0.15) is 0 Å². The molecule has 0 saturated carbocycles. The van der Waals surface area contributed by atoms with Gasteiger partial charge in [-0.3, -0.25) is 9.69 Å². The van der Waals surface area contributed by atoms with E-state index in [1.807, 2.05) is 6.92 Å². The van der Waals surface area contributed by atoms with Crippen LogP contribution in [0.1, 0.15) is 31.7 Å². The van der Waals surface area contributed by atoms with Crippen molar-refractivity contribution in [2.75, 3.05) is 13.1 Å². The summed E-state index contributed by atoms with van der Waals surface area (Å²) in [6, 6.07) is 4.02. The van der Waals surface area contributed by atoms with Crippen molar-refractivity contribution >= 4 is 5.97 Å². The van der Waals surface area contributed by atoms with E-state index in [0.29, 0.717) is 44.5 Å². The van der Waals surface area contributed by atoms with Crippen LogP contribution in [0, 0.1) is 11.2 Å². The quantitative estimate of drug-likeness (QED) is 0.890. The Hall–Kier alpha value is -1.62. The monoisotopic (exact) mass is 281 g/mol. The minimum Gasteiger partial charge on any atom is -0.508 e. The van der Waals surface area contributed by atoms with Gasteiger partial charge in [0.15, 0.2) is 0 Å². The zero-order chi connectivity index (χ0) is 14.8. The number of hydrogen-bond acceptors (Lipinski definition) is 3. The van der Waals surface area contributed by atoms with Crippen molar-refractivity contribution in [2.24, 2.45) is 5.41 Å². The highest BCUT2D eigenvalue weighted by Gasteiger charge is 2.39. The average Bonchev–Trinajstić information content (AvgIpc) is 2.38. The summed E-state index contributed by atoms with van der Waals surface area (Å²) in [4.78, 5) is 13.5. The van der Waals surface area contributed by atoms with Gasteiger partial charge < -0.3 is 10.2 Å². The van der Waals surface area contributed by atoms with Crippen LogP contribution in [-0.2, 0) is 11.3 Å². The predicted octanol–water partition coefficient (Wildman–Crippen LogP) is 2.61. The molecule has 1 saturated heterocycles. The SMILES string of the molecule is CCC1(C(=O)O)CCN(Cc2cc(O)cc(F)c2)CC1. The van der Waals surface area contributed by atoms with Gasteiger partial charge in [0.25, 0.3) is 0 Å². The number of phenols is 1. The minimum atomic E-state index is -0.719. The molecule has 0 radical (unpaired) electrons. The van der Waals surface area contributed by atoms with Crippen LogP contribution in [-0.4, -0.2) is 34.2 Å². The van der Waals surface area contributed by atoms with Crippen molar-refractivity contribution in [1.82, 2.24) is 4.90 Å². The maximum absolute atomic E-state index is 13.2. The molecule has 2 rings (SSSR count). The first-order valence-electron chi connectivity index (χ1n) is 6.89. The summed E-state index contributed by atoms with van der Waals surface area (Å²) < 4.78 is 13.2. The first kappa shape index (κ1) is 14.8. The summed E-state index contributed by atoms with van der Waals surface area (Å²) in [6.45, 7) is 3.80. The first-order valence-corrected chi connectivity index (χ1v) is 6.89. The van der Waals surface area contributed by atoms with Crippen LogP contribution in [0.5, 0.6) is 5.75 Å². The Balaban J connectivity index is 1.99. The average molecular weight is 281 g/mol. The zero-order valence-electron chi connectivity index (χ0n) is 11.6. The van der Waals surface area contributed by atoms with Crippen molar-refractivity contribution in [1.29, 1.82) is 0 Å². The molecule has 1 aromatic carbocycles. The number of carbonyl (C=O) groups is 1. The Bertz CT molecular complexity index is 476. The molecule has 1 aliphatic heterocycles. The molecule has 20 heavy (non-hydrogen) atoms. The molecule has 0 bridgehead atoms. The van der Waals surface area contributed by atoms with Gasteiger partial charge in [-0.05, 0) is 50.0 Å². The van der Waals surface area contributed by atoms with Crippen LogP contribution in [0.4, 0.5) is 4.39 Å². The van der Waals surface area contributed by atoms with E-state index >= 15 is 0 Å². The maximum Gasteiger partial charge on any atom is 0.309 e. The molecule has 0 unspecified atom stereocenters. The van der Waals surface area contributed by atoms with Gasteiger partial charge in [-0.25, -0.2) is 4.39 Å². The molecule has 110 valence electrons. The van der Waals surface area contributed by atoms with E-state index in [1.54, 1.807) is 6.07 Å². The van der Waals surface area contributed by atoms with Crippen LogP contribution < -0.4 is 0 Å². The number of aromatic hydroxyl groups is 1. The number of carboxylic acid groups (broad SMARTS) is 1. The molecular weight excluding hydrogens is 261 g/mol. The summed E-state index contributed by atoms with van der Waals surface area (Å²) in [6.07, 6.45) is 1.86. The molecule has 1 aromatic rings. The zero-order valence-corrected chi connectivity index (χ0v) is 11.6. The predicted molar refractivity (Wildman–Crippen MR) is 72.9 cm³/mol. The van der Waals surface area contributed by atoms with E-state index in [4.69, 9.17) is 0 Å². The van der Waals surface area contributed by atoms with Gasteiger partial charge in [-0.15, -0.1) is 0 Å². The van der Waals surface area contributed by atoms with Crippen molar-refractivity contribution in [2.45, 2.75) is 32.7 Å². The van der Waals surface area contributed by atoms with Gasteiger partial charge in [0.1, 0.15) is 11.6 Å². The lowest BCUT2D eigenvalue weighted by Gasteiger charge is -2.38. The number of hydrogen-bond donors (Lipinski definition) is 2. The van der Waals surface area contributed by atoms with Gasteiger partial charge >= 0.3 is 5.97 Å². The van der Waals surface area contributed by atoms with E-state index in [0.717, 1.165) is 6.07 Å². The molecular formula is C15H20FNO3. The summed E-state index contributed by atoms with van der Waals surface area (Å²) in [5.74, 6) is -1.25. The molecule has 0 aromatic heterocycles. The molecule has 1 aliphatic rings. The Morgan fingerprint density at radius 1 is 1.35 bits per heavy atom. The lowest BCUT2D eigenvalue weighted by Crippen LogP contribution is -2.43. The van der Waals surface area contributed by atoms with Crippen molar-refractivity contribution < 1.29 is 19.4 Å². The molecule has 0 aliphatic carbocycles. The number of phenolic OH excluding ortho intramolecular Hbond substituents is 1. The van der Waals surface area contributed by atoms with Crippen LogP contribution in [0.2, 0.25) is 0 Å². The lowest BCUT2D eigenvalue weighted by molar-refractivity contribution is -0.152.